The van der Waals surface area contributed by atoms with Crippen LogP contribution in [0, 0.1) is 6.92 Å². The largest absolute Gasteiger partial charge is 0.480 e. The first-order valence-corrected chi connectivity index (χ1v) is 8.11. The van der Waals surface area contributed by atoms with Crippen LogP contribution in [0.25, 0.3) is 10.9 Å². The van der Waals surface area contributed by atoms with Gasteiger partial charge in [-0.3, -0.25) is 4.79 Å². The zero-order valence-electron chi connectivity index (χ0n) is 14.0. The number of aromatic nitrogens is 1. The molecule has 4 heteroatoms. The van der Waals surface area contributed by atoms with Gasteiger partial charge in [-0.25, -0.2) is 0 Å². The first kappa shape index (κ1) is 16.3. The van der Waals surface area contributed by atoms with E-state index in [0.717, 1.165) is 23.0 Å². The molecule has 1 atom stereocenters. The summed E-state index contributed by atoms with van der Waals surface area (Å²) in [6.07, 6.45) is 2.55. The number of carboxylic acids is 1. The summed E-state index contributed by atoms with van der Waals surface area (Å²) in [6, 6.07) is 16.0. The van der Waals surface area contributed by atoms with Crippen molar-refractivity contribution < 1.29 is 9.90 Å². The molecule has 1 heterocycles. The highest BCUT2D eigenvalue weighted by Crippen LogP contribution is 2.24. The molecule has 0 unspecified atom stereocenters. The lowest BCUT2D eigenvalue weighted by Crippen LogP contribution is -2.35. The summed E-state index contributed by atoms with van der Waals surface area (Å²) < 4.78 is 2.20. The van der Waals surface area contributed by atoms with Gasteiger partial charge in [-0.15, -0.1) is 0 Å². The summed E-state index contributed by atoms with van der Waals surface area (Å²) >= 11 is 0. The Hall–Kier alpha value is -2.59. The number of hydrogen-bond donors (Lipinski definition) is 2. The van der Waals surface area contributed by atoms with Crippen molar-refractivity contribution in [2.75, 3.05) is 7.05 Å². The normalized spacial score (nSPS) is 12.4. The SMILES string of the molecule is CN[C@@H](Cc1cn(Cc2cccc(C)c2)c2ccccc12)C(=O)O. The van der Waals surface area contributed by atoms with Crippen LogP contribution in [0.3, 0.4) is 0 Å². The lowest BCUT2D eigenvalue weighted by Gasteiger charge is -2.10. The average Bonchev–Trinajstić information content (AvgIpc) is 2.90. The van der Waals surface area contributed by atoms with Crippen molar-refractivity contribution in [3.8, 4) is 0 Å². The summed E-state index contributed by atoms with van der Waals surface area (Å²) in [7, 11) is 1.69. The topological polar surface area (TPSA) is 54.3 Å². The minimum atomic E-state index is -0.826. The van der Waals surface area contributed by atoms with E-state index in [2.05, 4.69) is 59.4 Å². The van der Waals surface area contributed by atoms with Gasteiger partial charge in [-0.05, 0) is 31.2 Å². The maximum Gasteiger partial charge on any atom is 0.321 e. The van der Waals surface area contributed by atoms with Crippen LogP contribution in [0.1, 0.15) is 16.7 Å². The molecule has 0 saturated heterocycles. The predicted octanol–water partition coefficient (Wildman–Crippen LogP) is 3.21. The van der Waals surface area contributed by atoms with Crippen molar-refractivity contribution in [3.05, 3.63) is 71.4 Å². The van der Waals surface area contributed by atoms with Gasteiger partial charge in [0.2, 0.25) is 0 Å². The fourth-order valence-corrected chi connectivity index (χ4v) is 3.16. The Morgan fingerprint density at radius 2 is 2.00 bits per heavy atom. The summed E-state index contributed by atoms with van der Waals surface area (Å²) in [4.78, 5) is 11.3. The summed E-state index contributed by atoms with van der Waals surface area (Å²) in [6.45, 7) is 2.87. The number of fused-ring (bicyclic) bond motifs is 1. The van der Waals surface area contributed by atoms with Crippen molar-refractivity contribution >= 4 is 16.9 Å². The molecule has 3 aromatic rings. The highest BCUT2D eigenvalue weighted by molar-refractivity contribution is 5.85. The zero-order chi connectivity index (χ0) is 17.1. The molecule has 1 aromatic heterocycles. The van der Waals surface area contributed by atoms with Crippen LogP contribution in [-0.2, 0) is 17.8 Å². The molecule has 3 rings (SSSR count). The average molecular weight is 322 g/mol. The van der Waals surface area contributed by atoms with Crippen LogP contribution in [0.2, 0.25) is 0 Å². The monoisotopic (exact) mass is 322 g/mol. The van der Waals surface area contributed by atoms with Gasteiger partial charge in [0.25, 0.3) is 0 Å². The second-order valence-electron chi connectivity index (χ2n) is 6.17. The van der Waals surface area contributed by atoms with Gasteiger partial charge in [-0.2, -0.15) is 0 Å². The Kier molecular flexibility index (Phi) is 4.67. The van der Waals surface area contributed by atoms with Gasteiger partial charge < -0.3 is 15.0 Å². The minimum absolute atomic E-state index is 0.465. The van der Waals surface area contributed by atoms with Gasteiger partial charge in [0.05, 0.1) is 0 Å². The molecule has 0 amide bonds. The molecular weight excluding hydrogens is 300 g/mol. The van der Waals surface area contributed by atoms with Crippen LogP contribution in [0.15, 0.2) is 54.7 Å². The zero-order valence-corrected chi connectivity index (χ0v) is 14.0. The van der Waals surface area contributed by atoms with Crippen LogP contribution in [-0.4, -0.2) is 28.7 Å². The van der Waals surface area contributed by atoms with E-state index < -0.39 is 12.0 Å². The molecule has 0 aliphatic carbocycles. The number of aliphatic carboxylic acids is 1. The molecule has 0 spiro atoms. The number of benzene rings is 2. The molecule has 24 heavy (non-hydrogen) atoms. The van der Waals surface area contributed by atoms with Crippen molar-refractivity contribution in [2.45, 2.75) is 25.9 Å². The summed E-state index contributed by atoms with van der Waals surface area (Å²) in [5, 5.41) is 13.3. The fraction of sp³-hybridized carbons (Fsp3) is 0.250. The Labute approximate surface area is 141 Å². The van der Waals surface area contributed by atoms with Gasteiger partial charge in [0.15, 0.2) is 0 Å². The molecule has 0 saturated carbocycles. The highest BCUT2D eigenvalue weighted by atomic mass is 16.4. The smallest absolute Gasteiger partial charge is 0.321 e. The number of hydrogen-bond acceptors (Lipinski definition) is 2. The molecule has 0 radical (unpaired) electrons. The first-order chi connectivity index (χ1) is 11.6. The van der Waals surface area contributed by atoms with Crippen molar-refractivity contribution in [1.82, 2.24) is 9.88 Å². The number of likely N-dealkylation sites (N-methyl/N-ethyl adjacent to an activating group) is 1. The van der Waals surface area contributed by atoms with E-state index in [1.807, 2.05) is 12.1 Å². The number of nitrogens with one attached hydrogen (secondary N) is 1. The molecule has 2 N–H and O–H groups in total. The Balaban J connectivity index is 1.98. The second kappa shape index (κ2) is 6.89. The Morgan fingerprint density at radius 3 is 2.71 bits per heavy atom. The van der Waals surface area contributed by atoms with E-state index in [4.69, 9.17) is 0 Å². The first-order valence-electron chi connectivity index (χ1n) is 8.11. The molecule has 2 aromatic carbocycles. The third-order valence-electron chi connectivity index (χ3n) is 4.38. The number of para-hydroxylation sites is 1. The summed E-state index contributed by atoms with van der Waals surface area (Å²) in [5.74, 6) is -0.826. The molecule has 0 aliphatic heterocycles. The fourth-order valence-electron chi connectivity index (χ4n) is 3.16. The molecular formula is C20H22N2O2. The third-order valence-corrected chi connectivity index (χ3v) is 4.38. The van der Waals surface area contributed by atoms with Crippen LogP contribution in [0.5, 0.6) is 0 Å². The number of carbonyl (C=O) groups is 1. The maximum atomic E-state index is 11.3. The van der Waals surface area contributed by atoms with E-state index in [1.165, 1.54) is 11.1 Å². The third kappa shape index (κ3) is 3.34. The lowest BCUT2D eigenvalue weighted by molar-refractivity contribution is -0.139. The Bertz CT molecular complexity index is 867. The highest BCUT2D eigenvalue weighted by Gasteiger charge is 2.18. The van der Waals surface area contributed by atoms with Gasteiger partial charge >= 0.3 is 5.97 Å². The van der Waals surface area contributed by atoms with Crippen molar-refractivity contribution in [2.24, 2.45) is 0 Å². The Morgan fingerprint density at radius 1 is 1.21 bits per heavy atom. The molecule has 0 fully saturated rings. The number of aryl methyl sites for hydroxylation is 1. The maximum absolute atomic E-state index is 11.3. The van der Waals surface area contributed by atoms with Crippen LogP contribution in [0.4, 0.5) is 0 Å². The second-order valence-corrected chi connectivity index (χ2v) is 6.17. The quantitative estimate of drug-likeness (QED) is 0.733. The van der Waals surface area contributed by atoms with E-state index >= 15 is 0 Å². The molecule has 0 bridgehead atoms. The van der Waals surface area contributed by atoms with Gasteiger partial charge in [0.1, 0.15) is 6.04 Å². The van der Waals surface area contributed by atoms with Gasteiger partial charge in [0, 0.05) is 30.1 Å². The van der Waals surface area contributed by atoms with Gasteiger partial charge in [-0.1, -0.05) is 48.0 Å². The number of carboxylic acid groups (broad SMARTS) is 1. The van der Waals surface area contributed by atoms with E-state index in [0.29, 0.717) is 6.42 Å². The van der Waals surface area contributed by atoms with E-state index in [9.17, 15) is 9.90 Å². The minimum Gasteiger partial charge on any atom is -0.480 e. The lowest BCUT2D eigenvalue weighted by atomic mass is 10.1. The van der Waals surface area contributed by atoms with E-state index in [-0.39, 0.29) is 0 Å². The van der Waals surface area contributed by atoms with Crippen molar-refractivity contribution in [3.63, 3.8) is 0 Å². The molecule has 124 valence electrons. The van der Waals surface area contributed by atoms with Crippen LogP contribution >= 0.6 is 0 Å². The number of nitrogens with zero attached hydrogens (tertiary/aromatic N) is 1. The van der Waals surface area contributed by atoms with Crippen LogP contribution < -0.4 is 5.32 Å². The summed E-state index contributed by atoms with van der Waals surface area (Å²) in [5.41, 5.74) is 4.67. The number of rotatable bonds is 6. The van der Waals surface area contributed by atoms with E-state index in [1.54, 1.807) is 7.05 Å². The molecule has 4 nitrogen and oxygen atoms in total. The predicted molar refractivity (Wildman–Crippen MR) is 96.4 cm³/mol. The standard InChI is InChI=1S/C20H22N2O2/c1-14-6-5-7-15(10-14)12-22-13-16(11-18(21-2)20(23)24)17-8-3-4-9-19(17)22/h3-10,13,18,21H,11-12H2,1-2H3,(H,23,24)/t18-/m0/s1. The molecule has 0 aliphatic rings. The van der Waals surface area contributed by atoms with Crippen molar-refractivity contribution in [1.29, 1.82) is 0 Å².